The Balaban J connectivity index is 0.950. The Labute approximate surface area is 226 Å². The molecule has 0 unspecified atom stereocenters. The van der Waals surface area contributed by atoms with Gasteiger partial charge in [-0.3, -0.25) is 4.79 Å². The lowest BCUT2D eigenvalue weighted by atomic mass is 9.88. The first-order valence-corrected chi connectivity index (χ1v) is 14.2. The quantitative estimate of drug-likeness (QED) is 0.416. The van der Waals surface area contributed by atoms with Crippen LogP contribution in [0.5, 0.6) is 11.5 Å². The van der Waals surface area contributed by atoms with Crippen molar-refractivity contribution in [1.29, 1.82) is 0 Å². The third-order valence-electron chi connectivity index (χ3n) is 8.69. The first-order chi connectivity index (χ1) is 18.6. The second-order valence-corrected chi connectivity index (χ2v) is 11.2. The molecule has 0 N–H and O–H groups in total. The molecule has 0 bridgehead atoms. The van der Waals surface area contributed by atoms with E-state index in [0.717, 1.165) is 60.9 Å². The molecule has 0 radical (unpaired) electrons. The van der Waals surface area contributed by atoms with Crippen LogP contribution in [0.15, 0.2) is 66.7 Å². The minimum absolute atomic E-state index is 0.196. The topological polar surface area (TPSA) is 42.0 Å². The van der Waals surface area contributed by atoms with E-state index in [0.29, 0.717) is 12.8 Å². The Kier molecular flexibility index (Phi) is 7.37. The Hall–Kier alpha value is -3.31. The number of rotatable bonds is 6. The molecule has 0 saturated carbocycles. The maximum atomic E-state index is 13.0. The zero-order valence-corrected chi connectivity index (χ0v) is 22.4. The van der Waals surface area contributed by atoms with E-state index < -0.39 is 0 Å². The van der Waals surface area contributed by atoms with E-state index in [4.69, 9.17) is 9.47 Å². The van der Waals surface area contributed by atoms with Crippen molar-refractivity contribution in [3.8, 4) is 11.5 Å². The van der Waals surface area contributed by atoms with Crippen molar-refractivity contribution >= 4 is 5.91 Å². The highest BCUT2D eigenvalue weighted by molar-refractivity contribution is 5.95. The molecule has 0 aliphatic carbocycles. The van der Waals surface area contributed by atoms with Crippen LogP contribution in [0.25, 0.3) is 0 Å². The van der Waals surface area contributed by atoms with E-state index in [1.54, 1.807) is 0 Å². The molecule has 5 nitrogen and oxygen atoms in total. The van der Waals surface area contributed by atoms with Crippen LogP contribution in [0.2, 0.25) is 0 Å². The molecule has 0 spiro atoms. The summed E-state index contributed by atoms with van der Waals surface area (Å²) in [5.74, 6) is 2.65. The number of hydrogen-bond donors (Lipinski definition) is 0. The minimum atomic E-state index is 0.196. The molecular formula is C33H38N2O3. The Morgan fingerprint density at radius 2 is 1.47 bits per heavy atom. The van der Waals surface area contributed by atoms with Crippen LogP contribution >= 0.6 is 0 Å². The number of benzene rings is 3. The summed E-state index contributed by atoms with van der Waals surface area (Å²) in [6.45, 7) is 6.46. The summed E-state index contributed by atoms with van der Waals surface area (Å²) < 4.78 is 10.9. The average molecular weight is 511 g/mol. The zero-order valence-electron chi connectivity index (χ0n) is 22.4. The third-order valence-corrected chi connectivity index (χ3v) is 8.69. The van der Waals surface area contributed by atoms with E-state index >= 15 is 0 Å². The summed E-state index contributed by atoms with van der Waals surface area (Å²) in [6, 6.07) is 24.0. The molecule has 2 saturated heterocycles. The van der Waals surface area contributed by atoms with E-state index in [1.165, 1.54) is 49.0 Å². The monoisotopic (exact) mass is 510 g/mol. The molecule has 3 aromatic rings. The SMILES string of the molecule is Cc1ccccc1C(=O)N1CCC(N2CCC(Cc3ccc(Cc4ccc5c(c4)OCO5)cc3)CC2)CC1. The summed E-state index contributed by atoms with van der Waals surface area (Å²) in [5.41, 5.74) is 5.95. The van der Waals surface area contributed by atoms with Crippen LogP contribution < -0.4 is 9.47 Å². The van der Waals surface area contributed by atoms with Crippen LogP contribution in [0, 0.1) is 12.8 Å². The molecule has 38 heavy (non-hydrogen) atoms. The normalized spacial score (nSPS) is 18.6. The second-order valence-electron chi connectivity index (χ2n) is 11.2. The van der Waals surface area contributed by atoms with Crippen LogP contribution in [0.4, 0.5) is 0 Å². The molecule has 198 valence electrons. The number of nitrogens with zero attached hydrogens (tertiary/aromatic N) is 2. The number of carbonyl (C=O) groups is 1. The molecule has 3 aromatic carbocycles. The van der Waals surface area contributed by atoms with Gasteiger partial charge in [-0.2, -0.15) is 0 Å². The predicted octanol–water partition coefficient (Wildman–Crippen LogP) is 5.87. The Bertz CT molecular complexity index is 1260. The molecule has 1 amide bonds. The van der Waals surface area contributed by atoms with Crippen molar-refractivity contribution < 1.29 is 14.3 Å². The first kappa shape index (κ1) is 25.0. The lowest BCUT2D eigenvalue weighted by Crippen LogP contribution is -2.49. The van der Waals surface area contributed by atoms with Gasteiger partial charge in [0.1, 0.15) is 0 Å². The van der Waals surface area contributed by atoms with Crippen LogP contribution in [0.1, 0.15) is 58.3 Å². The highest BCUT2D eigenvalue weighted by atomic mass is 16.7. The summed E-state index contributed by atoms with van der Waals surface area (Å²) in [6.07, 6.45) is 6.79. The van der Waals surface area contributed by atoms with Gasteiger partial charge in [0.2, 0.25) is 6.79 Å². The van der Waals surface area contributed by atoms with Crippen molar-refractivity contribution in [1.82, 2.24) is 9.80 Å². The van der Waals surface area contributed by atoms with Crippen molar-refractivity contribution in [3.05, 3.63) is 94.5 Å². The molecule has 3 aliphatic heterocycles. The van der Waals surface area contributed by atoms with Crippen LogP contribution in [0.3, 0.4) is 0 Å². The zero-order chi connectivity index (χ0) is 25.9. The third kappa shape index (κ3) is 5.58. The summed E-state index contributed by atoms with van der Waals surface area (Å²) in [7, 11) is 0. The lowest BCUT2D eigenvalue weighted by molar-refractivity contribution is 0.0551. The van der Waals surface area contributed by atoms with Gasteiger partial charge in [0.05, 0.1) is 0 Å². The number of amides is 1. The standard InChI is InChI=1S/C33H38N2O3/c1-24-4-2-3-5-30(24)33(36)35-18-14-29(15-19-35)34-16-12-27(13-17-34)20-25-6-8-26(9-7-25)21-28-10-11-31-32(22-28)38-23-37-31/h2-11,22,27,29H,12-21,23H2,1H3. The van der Waals surface area contributed by atoms with Gasteiger partial charge < -0.3 is 19.3 Å². The van der Waals surface area contributed by atoms with Gasteiger partial charge in [-0.15, -0.1) is 0 Å². The maximum absolute atomic E-state index is 13.0. The fourth-order valence-electron chi connectivity index (χ4n) is 6.35. The highest BCUT2D eigenvalue weighted by Gasteiger charge is 2.30. The summed E-state index contributed by atoms with van der Waals surface area (Å²) in [4.78, 5) is 17.7. The molecular weight excluding hydrogens is 472 g/mol. The van der Waals surface area contributed by atoms with E-state index in [1.807, 2.05) is 37.3 Å². The molecule has 3 aliphatic rings. The van der Waals surface area contributed by atoms with E-state index in [2.05, 4.69) is 46.2 Å². The Morgan fingerprint density at radius 1 is 0.789 bits per heavy atom. The largest absolute Gasteiger partial charge is 0.454 e. The highest BCUT2D eigenvalue weighted by Crippen LogP contribution is 2.33. The van der Waals surface area contributed by atoms with Gasteiger partial charge in [0.25, 0.3) is 5.91 Å². The molecule has 3 heterocycles. The minimum Gasteiger partial charge on any atom is -0.454 e. The number of piperidine rings is 2. The van der Waals surface area contributed by atoms with Gasteiger partial charge in [0, 0.05) is 24.7 Å². The van der Waals surface area contributed by atoms with Gasteiger partial charge in [0.15, 0.2) is 11.5 Å². The number of likely N-dealkylation sites (tertiary alicyclic amines) is 2. The summed E-state index contributed by atoms with van der Waals surface area (Å²) >= 11 is 0. The number of ether oxygens (including phenoxy) is 2. The number of hydrogen-bond acceptors (Lipinski definition) is 4. The average Bonchev–Trinajstić information content (AvgIpc) is 3.43. The van der Waals surface area contributed by atoms with Crippen LogP contribution in [-0.2, 0) is 12.8 Å². The van der Waals surface area contributed by atoms with Gasteiger partial charge in [-0.25, -0.2) is 0 Å². The van der Waals surface area contributed by atoms with Crippen LogP contribution in [-0.4, -0.2) is 54.7 Å². The second kappa shape index (κ2) is 11.2. The van der Waals surface area contributed by atoms with Crippen molar-refractivity contribution in [3.63, 3.8) is 0 Å². The van der Waals surface area contributed by atoms with Gasteiger partial charge >= 0.3 is 0 Å². The van der Waals surface area contributed by atoms with Gasteiger partial charge in [-0.1, -0.05) is 48.5 Å². The number of fused-ring (bicyclic) bond motifs is 1. The fraction of sp³-hybridized carbons (Fsp3) is 0.424. The first-order valence-electron chi connectivity index (χ1n) is 14.2. The van der Waals surface area contributed by atoms with E-state index in [-0.39, 0.29) is 5.91 Å². The van der Waals surface area contributed by atoms with Crippen molar-refractivity contribution in [2.75, 3.05) is 33.0 Å². The predicted molar refractivity (Wildman–Crippen MR) is 150 cm³/mol. The van der Waals surface area contributed by atoms with Crippen molar-refractivity contribution in [2.24, 2.45) is 5.92 Å². The Morgan fingerprint density at radius 3 is 2.24 bits per heavy atom. The van der Waals surface area contributed by atoms with Crippen molar-refractivity contribution in [2.45, 2.75) is 51.5 Å². The fourth-order valence-corrected chi connectivity index (χ4v) is 6.35. The molecule has 0 atom stereocenters. The lowest BCUT2D eigenvalue weighted by Gasteiger charge is -2.42. The molecule has 6 rings (SSSR count). The molecule has 0 aromatic heterocycles. The van der Waals surface area contributed by atoms with Gasteiger partial charge in [-0.05, 0) is 105 Å². The maximum Gasteiger partial charge on any atom is 0.254 e. The van der Waals surface area contributed by atoms with E-state index in [9.17, 15) is 4.79 Å². The molecule has 5 heteroatoms. The summed E-state index contributed by atoms with van der Waals surface area (Å²) in [5, 5.41) is 0. The number of carbonyl (C=O) groups excluding carboxylic acids is 1. The smallest absolute Gasteiger partial charge is 0.254 e. The molecule has 2 fully saturated rings. The number of aryl methyl sites for hydroxylation is 1.